The number of rotatable bonds is 4. The fourth-order valence-electron chi connectivity index (χ4n) is 2.42. The largest absolute Gasteiger partial charge is 0.504 e. The molecule has 1 heterocycles. The first-order valence-electron chi connectivity index (χ1n) is 6.61. The first kappa shape index (κ1) is 13.2. The molecular weight excluding hydrogens is 228 g/mol. The van der Waals surface area contributed by atoms with E-state index in [1.165, 1.54) is 0 Å². The van der Waals surface area contributed by atoms with Crippen molar-refractivity contribution >= 4 is 0 Å². The fourth-order valence-corrected chi connectivity index (χ4v) is 2.42. The van der Waals surface area contributed by atoms with Gasteiger partial charge < -0.3 is 15.6 Å². The summed E-state index contributed by atoms with van der Waals surface area (Å²) in [6, 6.07) is 5.85. The van der Waals surface area contributed by atoms with Crippen molar-refractivity contribution in [1.82, 2.24) is 4.90 Å². The zero-order chi connectivity index (χ0) is 13.0. The van der Waals surface area contributed by atoms with Crippen LogP contribution in [0.3, 0.4) is 0 Å². The van der Waals surface area contributed by atoms with Gasteiger partial charge in [-0.2, -0.15) is 0 Å². The molecule has 0 unspecified atom stereocenters. The van der Waals surface area contributed by atoms with E-state index in [1.807, 2.05) is 19.1 Å². The van der Waals surface area contributed by atoms with Crippen LogP contribution in [0, 0.1) is 0 Å². The summed E-state index contributed by atoms with van der Waals surface area (Å²) in [4.78, 5) is 2.36. The zero-order valence-electron chi connectivity index (χ0n) is 10.9. The third-order valence-electron chi connectivity index (χ3n) is 3.27. The number of hydrogen-bond acceptors (Lipinski definition) is 4. The predicted molar refractivity (Wildman–Crippen MR) is 71.8 cm³/mol. The lowest BCUT2D eigenvalue weighted by atomic mass is 10.1. The Bertz CT molecular complexity index is 395. The van der Waals surface area contributed by atoms with Crippen LogP contribution in [-0.4, -0.2) is 35.7 Å². The highest BCUT2D eigenvalue weighted by molar-refractivity contribution is 5.41. The van der Waals surface area contributed by atoms with Crippen LogP contribution in [0.25, 0.3) is 0 Å². The van der Waals surface area contributed by atoms with Gasteiger partial charge in [0.15, 0.2) is 11.5 Å². The van der Waals surface area contributed by atoms with Gasteiger partial charge in [0.2, 0.25) is 0 Å². The molecule has 1 aromatic carbocycles. The van der Waals surface area contributed by atoms with Crippen molar-refractivity contribution < 1.29 is 9.84 Å². The SMILES string of the molecule is CCOc1cc(CN2CCC[C@H](N)C2)ccc1O. The number of phenolic OH excluding ortho intramolecular Hbond substituents is 1. The van der Waals surface area contributed by atoms with Gasteiger partial charge in [0, 0.05) is 19.1 Å². The standard InChI is InChI=1S/C14H22N2O2/c1-2-18-14-8-11(5-6-13(14)17)9-16-7-3-4-12(15)10-16/h5-6,8,12,17H,2-4,7,9-10,15H2,1H3/t12-/m0/s1. The second kappa shape index (κ2) is 6.07. The molecule has 4 heteroatoms. The van der Waals surface area contributed by atoms with Crippen LogP contribution in [0.5, 0.6) is 11.5 Å². The van der Waals surface area contributed by atoms with Crippen molar-refractivity contribution in [2.24, 2.45) is 5.73 Å². The lowest BCUT2D eigenvalue weighted by molar-refractivity contribution is 0.201. The molecule has 18 heavy (non-hydrogen) atoms. The number of likely N-dealkylation sites (tertiary alicyclic amines) is 1. The summed E-state index contributed by atoms with van der Waals surface area (Å²) < 4.78 is 5.39. The van der Waals surface area contributed by atoms with Crippen LogP contribution in [0.4, 0.5) is 0 Å². The van der Waals surface area contributed by atoms with E-state index in [9.17, 15) is 5.11 Å². The van der Waals surface area contributed by atoms with Gasteiger partial charge in [0.05, 0.1) is 6.61 Å². The molecule has 0 bridgehead atoms. The number of nitrogens with zero attached hydrogens (tertiary/aromatic N) is 1. The van der Waals surface area contributed by atoms with Crippen molar-refractivity contribution in [3.8, 4) is 11.5 Å². The second-order valence-corrected chi connectivity index (χ2v) is 4.87. The van der Waals surface area contributed by atoms with E-state index in [0.29, 0.717) is 18.4 Å². The van der Waals surface area contributed by atoms with Gasteiger partial charge in [-0.05, 0) is 44.0 Å². The van der Waals surface area contributed by atoms with Gasteiger partial charge in [-0.3, -0.25) is 4.90 Å². The van der Waals surface area contributed by atoms with Crippen molar-refractivity contribution in [2.45, 2.75) is 32.4 Å². The number of piperidine rings is 1. The van der Waals surface area contributed by atoms with E-state index in [0.717, 1.165) is 38.0 Å². The molecule has 3 N–H and O–H groups in total. The Labute approximate surface area is 108 Å². The number of nitrogens with two attached hydrogens (primary N) is 1. The minimum atomic E-state index is 0.205. The van der Waals surface area contributed by atoms with Gasteiger partial charge in [-0.1, -0.05) is 6.07 Å². The Balaban J connectivity index is 2.02. The number of aromatic hydroxyl groups is 1. The van der Waals surface area contributed by atoms with Gasteiger partial charge in [-0.25, -0.2) is 0 Å². The highest BCUT2D eigenvalue weighted by atomic mass is 16.5. The zero-order valence-corrected chi connectivity index (χ0v) is 10.9. The topological polar surface area (TPSA) is 58.7 Å². The summed E-state index contributed by atoms with van der Waals surface area (Å²) >= 11 is 0. The maximum Gasteiger partial charge on any atom is 0.161 e. The van der Waals surface area contributed by atoms with E-state index < -0.39 is 0 Å². The summed E-state index contributed by atoms with van der Waals surface area (Å²) in [7, 11) is 0. The normalized spacial score (nSPS) is 20.9. The quantitative estimate of drug-likeness (QED) is 0.854. The van der Waals surface area contributed by atoms with Crippen LogP contribution < -0.4 is 10.5 Å². The Morgan fingerprint density at radius 2 is 2.33 bits per heavy atom. The molecule has 1 aliphatic rings. The van der Waals surface area contributed by atoms with Crippen LogP contribution in [-0.2, 0) is 6.54 Å². The summed E-state index contributed by atoms with van der Waals surface area (Å²) in [5.74, 6) is 0.771. The molecule has 1 aromatic rings. The Morgan fingerprint density at radius 1 is 1.50 bits per heavy atom. The fraction of sp³-hybridized carbons (Fsp3) is 0.571. The highest BCUT2D eigenvalue weighted by Gasteiger charge is 2.17. The van der Waals surface area contributed by atoms with Crippen LogP contribution in [0.15, 0.2) is 18.2 Å². The van der Waals surface area contributed by atoms with Crippen molar-refractivity contribution in [3.63, 3.8) is 0 Å². The monoisotopic (exact) mass is 250 g/mol. The number of hydrogen-bond donors (Lipinski definition) is 2. The molecule has 0 aliphatic carbocycles. The predicted octanol–water partition coefficient (Wildman–Crippen LogP) is 1.71. The van der Waals surface area contributed by atoms with E-state index in [-0.39, 0.29) is 5.75 Å². The third kappa shape index (κ3) is 3.37. The minimum Gasteiger partial charge on any atom is -0.504 e. The molecule has 0 amide bonds. The third-order valence-corrected chi connectivity index (χ3v) is 3.27. The Kier molecular flexibility index (Phi) is 4.44. The minimum absolute atomic E-state index is 0.205. The first-order chi connectivity index (χ1) is 8.69. The maximum atomic E-state index is 9.66. The molecule has 1 saturated heterocycles. The van der Waals surface area contributed by atoms with Crippen molar-refractivity contribution in [3.05, 3.63) is 23.8 Å². The molecule has 0 saturated carbocycles. The molecule has 0 radical (unpaired) electrons. The van der Waals surface area contributed by atoms with Gasteiger partial charge in [0.25, 0.3) is 0 Å². The molecule has 1 atom stereocenters. The van der Waals surface area contributed by atoms with Gasteiger partial charge in [0.1, 0.15) is 0 Å². The molecule has 1 aliphatic heterocycles. The van der Waals surface area contributed by atoms with E-state index in [1.54, 1.807) is 6.07 Å². The summed E-state index contributed by atoms with van der Waals surface area (Å²) in [5.41, 5.74) is 7.13. The summed E-state index contributed by atoms with van der Waals surface area (Å²) in [6.07, 6.45) is 2.29. The van der Waals surface area contributed by atoms with Gasteiger partial charge in [-0.15, -0.1) is 0 Å². The lowest BCUT2D eigenvalue weighted by Crippen LogP contribution is -2.42. The van der Waals surface area contributed by atoms with Crippen LogP contribution in [0.2, 0.25) is 0 Å². The lowest BCUT2D eigenvalue weighted by Gasteiger charge is -2.30. The van der Waals surface area contributed by atoms with E-state index in [2.05, 4.69) is 4.90 Å². The van der Waals surface area contributed by atoms with Crippen molar-refractivity contribution in [1.29, 1.82) is 0 Å². The van der Waals surface area contributed by atoms with Gasteiger partial charge >= 0.3 is 0 Å². The van der Waals surface area contributed by atoms with Crippen LogP contribution in [0.1, 0.15) is 25.3 Å². The van der Waals surface area contributed by atoms with E-state index >= 15 is 0 Å². The molecular formula is C14H22N2O2. The Hall–Kier alpha value is -1.26. The first-order valence-corrected chi connectivity index (χ1v) is 6.61. The average Bonchev–Trinajstić information content (AvgIpc) is 2.34. The second-order valence-electron chi connectivity index (χ2n) is 4.87. The Morgan fingerprint density at radius 3 is 3.06 bits per heavy atom. The molecule has 4 nitrogen and oxygen atoms in total. The molecule has 100 valence electrons. The van der Waals surface area contributed by atoms with Crippen molar-refractivity contribution in [2.75, 3.05) is 19.7 Å². The molecule has 2 rings (SSSR count). The highest BCUT2D eigenvalue weighted by Crippen LogP contribution is 2.27. The summed E-state index contributed by atoms with van der Waals surface area (Å²) in [5, 5.41) is 9.66. The molecule has 1 fully saturated rings. The maximum absolute atomic E-state index is 9.66. The number of phenols is 1. The smallest absolute Gasteiger partial charge is 0.161 e. The summed E-state index contributed by atoms with van der Waals surface area (Å²) in [6.45, 7) is 5.39. The number of benzene rings is 1. The average molecular weight is 250 g/mol. The molecule has 0 aromatic heterocycles. The van der Waals surface area contributed by atoms with E-state index in [4.69, 9.17) is 10.5 Å². The number of ether oxygens (including phenoxy) is 1. The van der Waals surface area contributed by atoms with Crippen LogP contribution >= 0.6 is 0 Å². The molecule has 0 spiro atoms.